The third-order valence-corrected chi connectivity index (χ3v) is 4.99. The summed E-state index contributed by atoms with van der Waals surface area (Å²) < 4.78 is 0.586. The van der Waals surface area contributed by atoms with E-state index in [0.29, 0.717) is 17.6 Å². The lowest BCUT2D eigenvalue weighted by Gasteiger charge is -2.42. The molecule has 6 nitrogen and oxygen atoms in total. The number of halogens is 1. The van der Waals surface area contributed by atoms with Crippen LogP contribution in [0.15, 0.2) is 22.7 Å². The first kappa shape index (κ1) is 16.9. The Bertz CT molecular complexity index is 604. The average Bonchev–Trinajstić information content (AvgIpc) is 2.43. The Labute approximate surface area is 137 Å². The summed E-state index contributed by atoms with van der Waals surface area (Å²) in [6, 6.07) is 4.57. The van der Waals surface area contributed by atoms with E-state index in [1.165, 1.54) is 12.1 Å². The lowest BCUT2D eigenvalue weighted by atomic mass is 9.79. The number of non-ortho nitro benzene ring substituents is 1. The highest BCUT2D eigenvalue weighted by Gasteiger charge is 2.35. The number of nitrogens with two attached hydrogens (primary N) is 1. The van der Waals surface area contributed by atoms with Crippen molar-refractivity contribution >= 4 is 27.5 Å². The van der Waals surface area contributed by atoms with Crippen molar-refractivity contribution < 1.29 is 9.72 Å². The van der Waals surface area contributed by atoms with Crippen molar-refractivity contribution in [3.8, 4) is 0 Å². The average molecular weight is 370 g/mol. The minimum Gasteiger partial charge on any atom is -0.342 e. The Morgan fingerprint density at radius 1 is 1.55 bits per heavy atom. The normalized spacial score (nSPS) is 20.7. The summed E-state index contributed by atoms with van der Waals surface area (Å²) in [5.41, 5.74) is 6.75. The van der Waals surface area contributed by atoms with Crippen LogP contribution >= 0.6 is 15.9 Å². The molecular formula is C15H20BrN3O3. The molecule has 0 saturated carbocycles. The van der Waals surface area contributed by atoms with Crippen molar-refractivity contribution in [3.05, 3.63) is 38.3 Å². The molecule has 1 fully saturated rings. The zero-order chi connectivity index (χ0) is 16.5. The number of nitro benzene ring substituents is 1. The van der Waals surface area contributed by atoms with E-state index in [-0.39, 0.29) is 29.5 Å². The Balaban J connectivity index is 2.08. The maximum atomic E-state index is 12.5. The number of nitrogens with zero attached hydrogens (tertiary/aromatic N) is 2. The largest absolute Gasteiger partial charge is 0.342 e. The van der Waals surface area contributed by atoms with Crippen LogP contribution in [-0.4, -0.2) is 34.9 Å². The SMILES string of the molecule is CC1(C)CN(C(=O)Cc2ccc([N+](=O)[O-])cc2Br)CCC1N. The molecule has 7 heteroatoms. The summed E-state index contributed by atoms with van der Waals surface area (Å²) in [4.78, 5) is 24.6. The van der Waals surface area contributed by atoms with E-state index in [9.17, 15) is 14.9 Å². The van der Waals surface area contributed by atoms with E-state index < -0.39 is 4.92 Å². The molecule has 2 rings (SSSR count). The number of carbonyl (C=O) groups excluding carboxylic acids is 1. The van der Waals surface area contributed by atoms with Crippen LogP contribution in [0.25, 0.3) is 0 Å². The molecule has 0 aromatic heterocycles. The van der Waals surface area contributed by atoms with E-state index in [2.05, 4.69) is 29.8 Å². The monoisotopic (exact) mass is 369 g/mol. The Kier molecular flexibility index (Phi) is 4.87. The van der Waals surface area contributed by atoms with Gasteiger partial charge in [-0.3, -0.25) is 14.9 Å². The molecule has 0 bridgehead atoms. The van der Waals surface area contributed by atoms with Crippen molar-refractivity contribution in [2.24, 2.45) is 11.1 Å². The van der Waals surface area contributed by atoms with Crippen LogP contribution in [-0.2, 0) is 11.2 Å². The fourth-order valence-electron chi connectivity index (χ4n) is 2.65. The minimum atomic E-state index is -0.453. The van der Waals surface area contributed by atoms with Crippen LogP contribution in [0.1, 0.15) is 25.8 Å². The lowest BCUT2D eigenvalue weighted by molar-refractivity contribution is -0.384. The maximum absolute atomic E-state index is 12.5. The molecule has 1 aliphatic heterocycles. The van der Waals surface area contributed by atoms with Gasteiger partial charge < -0.3 is 10.6 Å². The molecule has 0 spiro atoms. The standard InChI is InChI=1S/C15H20BrN3O3/c1-15(2)9-18(6-5-13(15)17)14(20)7-10-3-4-11(19(21)22)8-12(10)16/h3-4,8,13H,5-7,9,17H2,1-2H3. The molecule has 1 atom stereocenters. The van der Waals surface area contributed by atoms with E-state index in [0.717, 1.165) is 12.0 Å². The first-order valence-corrected chi connectivity index (χ1v) is 7.96. The zero-order valence-electron chi connectivity index (χ0n) is 12.7. The fraction of sp³-hybridized carbons (Fsp3) is 0.533. The van der Waals surface area contributed by atoms with Gasteiger partial charge in [-0.15, -0.1) is 0 Å². The number of piperidine rings is 1. The molecule has 120 valence electrons. The van der Waals surface area contributed by atoms with Gasteiger partial charge in [0.05, 0.1) is 11.3 Å². The van der Waals surface area contributed by atoms with E-state index in [1.54, 1.807) is 6.07 Å². The van der Waals surface area contributed by atoms with Crippen molar-refractivity contribution in [2.75, 3.05) is 13.1 Å². The topological polar surface area (TPSA) is 89.5 Å². The summed E-state index contributed by atoms with van der Waals surface area (Å²) >= 11 is 3.30. The molecule has 22 heavy (non-hydrogen) atoms. The Hall–Kier alpha value is -1.47. The van der Waals surface area contributed by atoms with Crippen molar-refractivity contribution in [3.63, 3.8) is 0 Å². The summed E-state index contributed by atoms with van der Waals surface area (Å²) in [6.07, 6.45) is 1.02. The predicted molar refractivity (Wildman–Crippen MR) is 87.5 cm³/mol. The van der Waals surface area contributed by atoms with E-state index in [1.807, 2.05) is 4.90 Å². The Morgan fingerprint density at radius 2 is 2.23 bits per heavy atom. The summed E-state index contributed by atoms with van der Waals surface area (Å²) in [5.74, 6) is 0.0227. The molecule has 1 aromatic rings. The third kappa shape index (κ3) is 3.64. The van der Waals surface area contributed by atoms with Crippen LogP contribution in [0.3, 0.4) is 0 Å². The molecule has 0 radical (unpaired) electrons. The minimum absolute atomic E-state index is 0.00755. The second kappa shape index (κ2) is 6.34. The molecule has 1 amide bonds. The summed E-state index contributed by atoms with van der Waals surface area (Å²) in [7, 11) is 0. The van der Waals surface area contributed by atoms with E-state index in [4.69, 9.17) is 5.73 Å². The van der Waals surface area contributed by atoms with Gasteiger partial charge in [-0.2, -0.15) is 0 Å². The highest BCUT2D eigenvalue weighted by atomic mass is 79.9. The highest BCUT2D eigenvalue weighted by Crippen LogP contribution is 2.29. The number of nitro groups is 1. The van der Waals surface area contributed by atoms with Crippen LogP contribution < -0.4 is 5.73 Å². The smallest absolute Gasteiger partial charge is 0.270 e. The van der Waals surface area contributed by atoms with Gasteiger partial charge >= 0.3 is 0 Å². The van der Waals surface area contributed by atoms with Crippen LogP contribution in [0, 0.1) is 15.5 Å². The zero-order valence-corrected chi connectivity index (χ0v) is 14.3. The van der Waals surface area contributed by atoms with Crippen molar-refractivity contribution in [1.82, 2.24) is 4.90 Å². The number of hydrogen-bond acceptors (Lipinski definition) is 4. The first-order chi connectivity index (χ1) is 10.2. The molecule has 1 saturated heterocycles. The summed E-state index contributed by atoms with van der Waals surface area (Å²) in [6.45, 7) is 5.43. The van der Waals surface area contributed by atoms with Crippen LogP contribution in [0.4, 0.5) is 5.69 Å². The van der Waals surface area contributed by atoms with Gasteiger partial charge in [0, 0.05) is 35.7 Å². The fourth-order valence-corrected chi connectivity index (χ4v) is 3.16. The third-order valence-electron chi connectivity index (χ3n) is 4.25. The van der Waals surface area contributed by atoms with Gasteiger partial charge in [-0.25, -0.2) is 0 Å². The lowest BCUT2D eigenvalue weighted by Crippen LogP contribution is -2.54. The molecule has 1 heterocycles. The molecule has 0 aliphatic carbocycles. The molecular weight excluding hydrogens is 350 g/mol. The number of rotatable bonds is 3. The highest BCUT2D eigenvalue weighted by molar-refractivity contribution is 9.10. The number of hydrogen-bond donors (Lipinski definition) is 1. The van der Waals surface area contributed by atoms with E-state index >= 15 is 0 Å². The number of benzene rings is 1. The summed E-state index contributed by atoms with van der Waals surface area (Å²) in [5, 5.41) is 10.7. The van der Waals surface area contributed by atoms with Gasteiger partial charge in [0.15, 0.2) is 0 Å². The van der Waals surface area contributed by atoms with Gasteiger partial charge in [0.1, 0.15) is 0 Å². The quantitative estimate of drug-likeness (QED) is 0.654. The second-order valence-electron chi connectivity index (χ2n) is 6.41. The molecule has 1 unspecified atom stereocenters. The predicted octanol–water partition coefficient (Wildman–Crippen LogP) is 2.49. The van der Waals surface area contributed by atoms with Crippen molar-refractivity contribution in [1.29, 1.82) is 0 Å². The molecule has 2 N–H and O–H groups in total. The number of likely N-dealkylation sites (tertiary alicyclic amines) is 1. The van der Waals surface area contributed by atoms with Gasteiger partial charge in [0.2, 0.25) is 5.91 Å². The van der Waals surface area contributed by atoms with Crippen molar-refractivity contribution in [2.45, 2.75) is 32.7 Å². The van der Waals surface area contributed by atoms with Gasteiger partial charge in [0.25, 0.3) is 5.69 Å². The van der Waals surface area contributed by atoms with Gasteiger partial charge in [-0.1, -0.05) is 35.8 Å². The second-order valence-corrected chi connectivity index (χ2v) is 7.26. The number of carbonyl (C=O) groups is 1. The van der Waals surface area contributed by atoms with Crippen LogP contribution in [0.2, 0.25) is 0 Å². The van der Waals surface area contributed by atoms with Crippen LogP contribution in [0.5, 0.6) is 0 Å². The van der Waals surface area contributed by atoms with Gasteiger partial charge in [-0.05, 0) is 17.4 Å². The number of amides is 1. The molecule has 1 aromatic carbocycles. The Morgan fingerprint density at radius 3 is 2.77 bits per heavy atom. The maximum Gasteiger partial charge on any atom is 0.270 e. The molecule has 1 aliphatic rings. The first-order valence-electron chi connectivity index (χ1n) is 7.17.